The molecule has 2 aliphatic heterocycles. The topological polar surface area (TPSA) is 63.5 Å². The van der Waals surface area contributed by atoms with Crippen molar-refractivity contribution in [3.63, 3.8) is 0 Å². The second-order valence-electron chi connectivity index (χ2n) is 7.21. The van der Waals surface area contributed by atoms with Crippen molar-refractivity contribution in [1.82, 2.24) is 4.31 Å². The summed E-state index contributed by atoms with van der Waals surface area (Å²) in [6, 6.07) is 11.9. The predicted octanol–water partition coefficient (Wildman–Crippen LogP) is 3.86. The Kier molecular flexibility index (Phi) is 3.78. The monoisotopic (exact) mass is 435 g/mol. The summed E-state index contributed by atoms with van der Waals surface area (Å²) >= 11 is 12.3. The molecule has 8 heteroatoms. The zero-order chi connectivity index (χ0) is 19.8. The van der Waals surface area contributed by atoms with Crippen LogP contribution in [0.25, 0.3) is 0 Å². The molecule has 5 nitrogen and oxygen atoms in total. The summed E-state index contributed by atoms with van der Waals surface area (Å²) in [5.41, 5.74) is 1.36. The summed E-state index contributed by atoms with van der Waals surface area (Å²) in [4.78, 5) is 12.8. The number of carbonyl (C=O) groups is 1. The molecule has 1 saturated heterocycles. The third kappa shape index (κ3) is 2.17. The first-order valence-corrected chi connectivity index (χ1v) is 10.9. The molecule has 5 rings (SSSR count). The average molecular weight is 436 g/mol. The Morgan fingerprint density at radius 3 is 2.64 bits per heavy atom. The Morgan fingerprint density at radius 1 is 1.18 bits per heavy atom. The molecule has 0 aromatic heterocycles. The molecule has 4 atom stereocenters. The first kappa shape index (κ1) is 18.2. The van der Waals surface area contributed by atoms with Crippen LogP contribution in [-0.2, 0) is 25.1 Å². The maximum atomic E-state index is 13.0. The number of fused-ring (bicyclic) bond motifs is 2. The van der Waals surface area contributed by atoms with Crippen LogP contribution in [0.3, 0.4) is 0 Å². The second-order valence-corrected chi connectivity index (χ2v) is 9.81. The lowest BCUT2D eigenvalue weighted by molar-refractivity contribution is -0.136. The lowest BCUT2D eigenvalue weighted by Crippen LogP contribution is -2.26. The summed E-state index contributed by atoms with van der Waals surface area (Å²) in [6.45, 7) is 0. The van der Waals surface area contributed by atoms with E-state index in [0.717, 1.165) is 11.1 Å². The van der Waals surface area contributed by atoms with Crippen molar-refractivity contribution in [3.05, 3.63) is 75.3 Å². The molecule has 2 aromatic rings. The number of nitrogens with zero attached hydrogens (tertiary/aromatic N) is 1. The Hall–Kier alpha value is -1.86. The first-order chi connectivity index (χ1) is 13.3. The molecule has 0 amide bonds. The van der Waals surface area contributed by atoms with Crippen molar-refractivity contribution in [2.24, 2.45) is 0 Å². The van der Waals surface area contributed by atoms with E-state index in [9.17, 15) is 13.2 Å². The molecule has 144 valence electrons. The summed E-state index contributed by atoms with van der Waals surface area (Å²) in [5.74, 6) is -0.826. The van der Waals surface area contributed by atoms with E-state index in [-0.39, 0.29) is 12.0 Å². The van der Waals surface area contributed by atoms with Gasteiger partial charge in [0.15, 0.2) is 0 Å². The average Bonchev–Trinajstić information content (AvgIpc) is 3.33. The van der Waals surface area contributed by atoms with Gasteiger partial charge in [0.25, 0.3) is 0 Å². The summed E-state index contributed by atoms with van der Waals surface area (Å²) in [6.07, 6.45) is 2.17. The fourth-order valence-corrected chi connectivity index (χ4v) is 7.20. The zero-order valence-corrected chi connectivity index (χ0v) is 17.1. The van der Waals surface area contributed by atoms with Crippen molar-refractivity contribution in [2.75, 3.05) is 7.11 Å². The highest BCUT2D eigenvalue weighted by Crippen LogP contribution is 2.67. The highest BCUT2D eigenvalue weighted by molar-refractivity contribution is 7.89. The van der Waals surface area contributed by atoms with Gasteiger partial charge in [-0.3, -0.25) is 0 Å². The third-order valence-electron chi connectivity index (χ3n) is 5.95. The summed E-state index contributed by atoms with van der Waals surface area (Å²) in [5, 5.41) is 0.804. The number of benzene rings is 2. The quantitative estimate of drug-likeness (QED) is 0.530. The van der Waals surface area contributed by atoms with Crippen LogP contribution in [0.2, 0.25) is 10.0 Å². The second kappa shape index (κ2) is 5.83. The lowest BCUT2D eigenvalue weighted by Gasteiger charge is -2.28. The molecule has 28 heavy (non-hydrogen) atoms. The van der Waals surface area contributed by atoms with Crippen LogP contribution in [0.5, 0.6) is 0 Å². The van der Waals surface area contributed by atoms with E-state index in [1.807, 2.05) is 18.2 Å². The Labute approximate surface area is 172 Å². The minimum Gasteiger partial charge on any atom is -0.466 e. The standard InChI is InChI=1S/C20H15Cl2NO4S/c1-27-19(24)12-9-18-20(10-13(12)11-6-7-15(21)16(22)8-11)14-4-2-3-5-17(14)28(25,26)23(18)20/h2-9,13,18H,10H2,1H3/t13-,18-,20-,23?/m1/s1. The van der Waals surface area contributed by atoms with Gasteiger partial charge in [-0.15, -0.1) is 0 Å². The van der Waals surface area contributed by atoms with Gasteiger partial charge >= 0.3 is 5.97 Å². The molecule has 0 radical (unpaired) electrons. The minimum atomic E-state index is -3.59. The third-order valence-corrected chi connectivity index (χ3v) is 8.67. The number of methoxy groups -OCH3 is 1. The lowest BCUT2D eigenvalue weighted by atomic mass is 9.74. The number of esters is 1. The summed E-state index contributed by atoms with van der Waals surface area (Å²) in [7, 11) is -2.27. The predicted molar refractivity (Wildman–Crippen MR) is 105 cm³/mol. The van der Waals surface area contributed by atoms with Crippen LogP contribution in [0, 0.1) is 0 Å². The van der Waals surface area contributed by atoms with Gasteiger partial charge in [-0.25, -0.2) is 13.2 Å². The smallest absolute Gasteiger partial charge is 0.334 e. The molecule has 3 aliphatic rings. The van der Waals surface area contributed by atoms with Gasteiger partial charge in [0.05, 0.1) is 33.6 Å². The maximum absolute atomic E-state index is 13.0. The number of rotatable bonds is 2. The maximum Gasteiger partial charge on any atom is 0.334 e. The molecule has 1 fully saturated rings. The SMILES string of the molecule is COC(=O)C1=C[C@H]2N3[C@]2(C[C@@H]1c1ccc(Cl)c(Cl)c1)c1ccccc1S3(=O)=O. The molecule has 2 aromatic carbocycles. The largest absolute Gasteiger partial charge is 0.466 e. The number of hydrogen-bond acceptors (Lipinski definition) is 4. The Bertz CT molecular complexity index is 1180. The van der Waals surface area contributed by atoms with Gasteiger partial charge in [0.1, 0.15) is 0 Å². The van der Waals surface area contributed by atoms with Crippen LogP contribution >= 0.6 is 23.2 Å². The Morgan fingerprint density at radius 2 is 1.93 bits per heavy atom. The fourth-order valence-electron chi connectivity index (χ4n) is 4.71. The molecule has 0 saturated carbocycles. The molecular formula is C20H15Cl2NO4S. The van der Waals surface area contributed by atoms with Gasteiger partial charge < -0.3 is 4.74 Å². The van der Waals surface area contributed by atoms with E-state index in [0.29, 0.717) is 26.9 Å². The molecule has 1 unspecified atom stereocenters. The first-order valence-electron chi connectivity index (χ1n) is 8.71. The van der Waals surface area contributed by atoms with Crippen LogP contribution in [0.15, 0.2) is 59.0 Å². The van der Waals surface area contributed by atoms with E-state index in [1.165, 1.54) is 11.4 Å². The zero-order valence-electron chi connectivity index (χ0n) is 14.7. The van der Waals surface area contributed by atoms with Gasteiger partial charge in [-0.2, -0.15) is 4.31 Å². The van der Waals surface area contributed by atoms with Crippen LogP contribution < -0.4 is 0 Å². The molecular weight excluding hydrogens is 421 g/mol. The number of sulfonamides is 1. The van der Waals surface area contributed by atoms with Crippen molar-refractivity contribution < 1.29 is 17.9 Å². The number of carbonyl (C=O) groups excluding carboxylic acids is 1. The van der Waals surface area contributed by atoms with E-state index in [2.05, 4.69) is 0 Å². The molecule has 0 N–H and O–H groups in total. The van der Waals surface area contributed by atoms with Crippen molar-refractivity contribution >= 4 is 39.2 Å². The van der Waals surface area contributed by atoms with Crippen LogP contribution in [0.1, 0.15) is 23.5 Å². The Balaban J connectivity index is 1.69. The van der Waals surface area contributed by atoms with Gasteiger partial charge in [-0.1, -0.05) is 53.5 Å². The van der Waals surface area contributed by atoms with Crippen molar-refractivity contribution in [2.45, 2.75) is 28.8 Å². The minimum absolute atomic E-state index is 0.342. The highest BCUT2D eigenvalue weighted by atomic mass is 35.5. The normalized spacial score (nSPS) is 31.2. The van der Waals surface area contributed by atoms with E-state index in [4.69, 9.17) is 27.9 Å². The van der Waals surface area contributed by atoms with Crippen LogP contribution in [-0.4, -0.2) is 31.8 Å². The van der Waals surface area contributed by atoms with Crippen molar-refractivity contribution in [1.29, 1.82) is 0 Å². The van der Waals surface area contributed by atoms with Crippen molar-refractivity contribution in [3.8, 4) is 0 Å². The molecule has 2 heterocycles. The fraction of sp³-hybridized carbons (Fsp3) is 0.250. The number of halogens is 2. The van der Waals surface area contributed by atoms with Gasteiger partial charge in [0.2, 0.25) is 10.0 Å². The molecule has 1 spiro atoms. The van der Waals surface area contributed by atoms with E-state index in [1.54, 1.807) is 30.3 Å². The number of ether oxygens (including phenoxy) is 1. The highest BCUT2D eigenvalue weighted by Gasteiger charge is 2.75. The molecule has 0 bridgehead atoms. The van der Waals surface area contributed by atoms with E-state index < -0.39 is 21.5 Å². The van der Waals surface area contributed by atoms with Gasteiger partial charge in [-0.05, 0) is 35.7 Å². The van der Waals surface area contributed by atoms with Crippen LogP contribution in [0.4, 0.5) is 0 Å². The molecule has 1 aliphatic carbocycles. The number of hydrogen-bond donors (Lipinski definition) is 0. The van der Waals surface area contributed by atoms with E-state index >= 15 is 0 Å². The van der Waals surface area contributed by atoms with Gasteiger partial charge in [0, 0.05) is 11.5 Å². The summed E-state index contributed by atoms with van der Waals surface area (Å²) < 4.78 is 32.5.